The van der Waals surface area contributed by atoms with Crippen LogP contribution in [0.2, 0.25) is 0 Å². The van der Waals surface area contributed by atoms with Gasteiger partial charge in [0.05, 0.1) is 10.6 Å². The van der Waals surface area contributed by atoms with Gasteiger partial charge in [0, 0.05) is 30.2 Å². The van der Waals surface area contributed by atoms with E-state index in [0.29, 0.717) is 23.5 Å². The van der Waals surface area contributed by atoms with Crippen LogP contribution in [0.5, 0.6) is 0 Å². The van der Waals surface area contributed by atoms with Gasteiger partial charge in [0.25, 0.3) is 5.69 Å². The summed E-state index contributed by atoms with van der Waals surface area (Å²) in [5, 5.41) is 10.8. The fourth-order valence-electron chi connectivity index (χ4n) is 2.20. The molecule has 0 unspecified atom stereocenters. The van der Waals surface area contributed by atoms with E-state index in [2.05, 4.69) is 0 Å². The minimum Gasteiger partial charge on any atom is -0.339 e. The average molecular weight is 309 g/mol. The van der Waals surface area contributed by atoms with Crippen molar-refractivity contribution in [2.24, 2.45) is 0 Å². The number of anilines is 2. The quantitative estimate of drug-likeness (QED) is 0.459. The number of nitro benzene ring substituents is 1. The van der Waals surface area contributed by atoms with Crippen LogP contribution in [0.25, 0.3) is 0 Å². The summed E-state index contributed by atoms with van der Waals surface area (Å²) in [5.74, 6) is -0.236. The van der Waals surface area contributed by atoms with Crippen molar-refractivity contribution in [1.29, 1.82) is 0 Å². The van der Waals surface area contributed by atoms with Crippen LogP contribution in [0.1, 0.15) is 12.5 Å². The molecule has 0 fully saturated rings. The molecule has 0 heterocycles. The molecule has 0 aliphatic heterocycles. The van der Waals surface area contributed by atoms with Crippen molar-refractivity contribution in [3.8, 4) is 0 Å². The van der Waals surface area contributed by atoms with Gasteiger partial charge in [0.15, 0.2) is 0 Å². The summed E-state index contributed by atoms with van der Waals surface area (Å²) in [6.07, 6.45) is 0. The zero-order valence-electron chi connectivity index (χ0n) is 11.4. The molecule has 0 radical (unpaired) electrons. The number of alkyl halides is 1. The number of halogens is 2. The van der Waals surface area contributed by atoms with Crippen LogP contribution < -0.4 is 4.90 Å². The van der Waals surface area contributed by atoms with Gasteiger partial charge < -0.3 is 4.90 Å². The molecule has 0 saturated heterocycles. The molecule has 4 nitrogen and oxygen atoms in total. The SMILES string of the molecule is CCN(c1ccccc1F)c1ccc([N+](=O)[O-])cc1CCl. The predicted molar refractivity (Wildman–Crippen MR) is 81.7 cm³/mol. The smallest absolute Gasteiger partial charge is 0.269 e. The number of nitrogens with zero attached hydrogens (tertiary/aromatic N) is 2. The summed E-state index contributed by atoms with van der Waals surface area (Å²) in [6, 6.07) is 10.8. The van der Waals surface area contributed by atoms with E-state index >= 15 is 0 Å². The van der Waals surface area contributed by atoms with Gasteiger partial charge in [-0.1, -0.05) is 12.1 Å². The summed E-state index contributed by atoms with van der Waals surface area (Å²) in [7, 11) is 0. The second-order valence-corrected chi connectivity index (χ2v) is 4.67. The first-order chi connectivity index (χ1) is 10.1. The Morgan fingerprint density at radius 1 is 1.24 bits per heavy atom. The maximum absolute atomic E-state index is 14.0. The fourth-order valence-corrected chi connectivity index (χ4v) is 2.41. The van der Waals surface area contributed by atoms with E-state index in [1.54, 1.807) is 29.2 Å². The van der Waals surface area contributed by atoms with E-state index < -0.39 is 4.92 Å². The highest BCUT2D eigenvalue weighted by Crippen LogP contribution is 2.33. The summed E-state index contributed by atoms with van der Waals surface area (Å²) in [5.41, 5.74) is 1.65. The maximum Gasteiger partial charge on any atom is 0.269 e. The summed E-state index contributed by atoms with van der Waals surface area (Å²) < 4.78 is 14.0. The monoisotopic (exact) mass is 308 g/mol. The van der Waals surface area contributed by atoms with Crippen LogP contribution in [0, 0.1) is 15.9 Å². The Morgan fingerprint density at radius 3 is 2.52 bits per heavy atom. The summed E-state index contributed by atoms with van der Waals surface area (Å²) in [4.78, 5) is 12.1. The van der Waals surface area contributed by atoms with Gasteiger partial charge in [0.2, 0.25) is 0 Å². The molecule has 0 saturated carbocycles. The van der Waals surface area contributed by atoms with Crippen LogP contribution in [0.4, 0.5) is 21.5 Å². The van der Waals surface area contributed by atoms with E-state index in [4.69, 9.17) is 11.6 Å². The van der Waals surface area contributed by atoms with Crippen LogP contribution in [0.15, 0.2) is 42.5 Å². The largest absolute Gasteiger partial charge is 0.339 e. The van der Waals surface area contributed by atoms with Gasteiger partial charge in [-0.05, 0) is 30.7 Å². The number of nitro groups is 1. The minimum absolute atomic E-state index is 0.0287. The van der Waals surface area contributed by atoms with Crippen LogP contribution in [-0.4, -0.2) is 11.5 Å². The zero-order valence-corrected chi connectivity index (χ0v) is 12.2. The summed E-state index contributed by atoms with van der Waals surface area (Å²) in [6.45, 7) is 2.40. The van der Waals surface area contributed by atoms with Gasteiger partial charge >= 0.3 is 0 Å². The Morgan fingerprint density at radius 2 is 1.95 bits per heavy atom. The van der Waals surface area contributed by atoms with Gasteiger partial charge in [-0.3, -0.25) is 10.1 Å². The van der Waals surface area contributed by atoms with Crippen molar-refractivity contribution < 1.29 is 9.31 Å². The van der Waals surface area contributed by atoms with Crippen molar-refractivity contribution in [3.05, 3.63) is 64.0 Å². The third kappa shape index (κ3) is 3.13. The first-order valence-electron chi connectivity index (χ1n) is 6.43. The van der Waals surface area contributed by atoms with Gasteiger partial charge in [-0.15, -0.1) is 11.6 Å². The molecule has 0 amide bonds. The Kier molecular flexibility index (Phi) is 4.75. The van der Waals surface area contributed by atoms with Crippen molar-refractivity contribution in [3.63, 3.8) is 0 Å². The molecular weight excluding hydrogens is 295 g/mol. The molecule has 0 N–H and O–H groups in total. The molecule has 6 heteroatoms. The lowest BCUT2D eigenvalue weighted by Gasteiger charge is -2.25. The number of hydrogen-bond acceptors (Lipinski definition) is 3. The first-order valence-corrected chi connectivity index (χ1v) is 6.97. The topological polar surface area (TPSA) is 46.4 Å². The van der Waals surface area contributed by atoms with E-state index in [1.165, 1.54) is 18.2 Å². The molecule has 0 aromatic heterocycles. The third-order valence-electron chi connectivity index (χ3n) is 3.17. The lowest BCUT2D eigenvalue weighted by Crippen LogP contribution is -2.18. The lowest BCUT2D eigenvalue weighted by atomic mass is 10.1. The molecule has 0 spiro atoms. The molecule has 0 aliphatic rings. The maximum atomic E-state index is 14.0. The minimum atomic E-state index is -0.473. The Balaban J connectivity index is 2.52. The van der Waals surface area contributed by atoms with Crippen molar-refractivity contribution in [1.82, 2.24) is 0 Å². The Bertz CT molecular complexity index is 664. The third-order valence-corrected chi connectivity index (χ3v) is 3.46. The lowest BCUT2D eigenvalue weighted by molar-refractivity contribution is -0.384. The van der Waals surface area contributed by atoms with Crippen molar-refractivity contribution in [2.75, 3.05) is 11.4 Å². The molecule has 2 aromatic rings. The molecule has 0 aliphatic carbocycles. The fraction of sp³-hybridized carbons (Fsp3) is 0.200. The van der Waals surface area contributed by atoms with Crippen molar-refractivity contribution in [2.45, 2.75) is 12.8 Å². The second-order valence-electron chi connectivity index (χ2n) is 4.40. The normalized spacial score (nSPS) is 10.4. The van der Waals surface area contributed by atoms with Crippen LogP contribution in [0.3, 0.4) is 0 Å². The Labute approximate surface area is 126 Å². The summed E-state index contributed by atoms with van der Waals surface area (Å²) >= 11 is 5.89. The highest BCUT2D eigenvalue weighted by atomic mass is 35.5. The highest BCUT2D eigenvalue weighted by Gasteiger charge is 2.17. The molecule has 2 aromatic carbocycles. The Hall–Kier alpha value is -2.14. The highest BCUT2D eigenvalue weighted by molar-refractivity contribution is 6.17. The number of hydrogen-bond donors (Lipinski definition) is 0. The van der Waals surface area contributed by atoms with Crippen LogP contribution >= 0.6 is 11.6 Å². The van der Waals surface area contributed by atoms with Crippen LogP contribution in [-0.2, 0) is 5.88 Å². The molecule has 110 valence electrons. The number of rotatable bonds is 5. The second kappa shape index (κ2) is 6.54. The average Bonchev–Trinajstić information content (AvgIpc) is 2.49. The molecule has 0 bridgehead atoms. The standard InChI is InChI=1S/C15H14ClFN2O2/c1-2-18(15-6-4-3-5-13(15)17)14-8-7-12(19(20)21)9-11(14)10-16/h3-9H,2,10H2,1H3. The van der Waals surface area contributed by atoms with Gasteiger partial charge in [-0.2, -0.15) is 0 Å². The van der Waals surface area contributed by atoms with E-state index in [0.717, 1.165) is 0 Å². The number of non-ortho nitro benzene ring substituents is 1. The molecule has 2 rings (SSSR count). The van der Waals surface area contributed by atoms with E-state index in [1.807, 2.05) is 6.92 Å². The van der Waals surface area contributed by atoms with Gasteiger partial charge in [0.1, 0.15) is 5.82 Å². The zero-order chi connectivity index (χ0) is 15.4. The molecular formula is C15H14ClFN2O2. The number of para-hydroxylation sites is 1. The number of benzene rings is 2. The molecule has 21 heavy (non-hydrogen) atoms. The predicted octanol–water partition coefficient (Wildman–Crippen LogP) is 4.63. The van der Waals surface area contributed by atoms with E-state index in [-0.39, 0.29) is 17.4 Å². The first kappa shape index (κ1) is 15.3. The molecule has 0 atom stereocenters. The van der Waals surface area contributed by atoms with E-state index in [9.17, 15) is 14.5 Å². The van der Waals surface area contributed by atoms with Crippen molar-refractivity contribution >= 4 is 28.7 Å². The van der Waals surface area contributed by atoms with Gasteiger partial charge in [-0.25, -0.2) is 4.39 Å².